The normalized spacial score (nSPS) is 11.5. The number of hydrogen-bond acceptors (Lipinski definition) is 1. The molecular formula is C16H13F3O2. The van der Waals surface area contributed by atoms with Crippen LogP contribution >= 0.6 is 0 Å². The molecule has 0 bridgehead atoms. The van der Waals surface area contributed by atoms with E-state index in [1.54, 1.807) is 18.2 Å². The van der Waals surface area contributed by atoms with Gasteiger partial charge in [-0.2, -0.15) is 0 Å². The van der Waals surface area contributed by atoms with Gasteiger partial charge in [-0.05, 0) is 42.7 Å². The van der Waals surface area contributed by atoms with E-state index >= 15 is 0 Å². The second-order valence-electron chi connectivity index (χ2n) is 5.26. The van der Waals surface area contributed by atoms with Crippen LogP contribution in [0, 0.1) is 17.5 Å². The first kappa shape index (κ1) is 15.1. The van der Waals surface area contributed by atoms with Gasteiger partial charge >= 0.3 is 5.97 Å². The molecule has 2 aromatic carbocycles. The van der Waals surface area contributed by atoms with Gasteiger partial charge < -0.3 is 5.11 Å². The van der Waals surface area contributed by atoms with Crippen LogP contribution in [0.3, 0.4) is 0 Å². The number of rotatable bonds is 3. The number of benzene rings is 2. The molecule has 0 aliphatic carbocycles. The third-order valence-corrected chi connectivity index (χ3v) is 3.44. The van der Waals surface area contributed by atoms with Crippen molar-refractivity contribution in [2.75, 3.05) is 0 Å². The molecule has 2 rings (SSSR count). The molecule has 2 aromatic rings. The van der Waals surface area contributed by atoms with Crippen molar-refractivity contribution in [3.05, 3.63) is 59.4 Å². The van der Waals surface area contributed by atoms with Crippen molar-refractivity contribution in [2.24, 2.45) is 0 Å². The van der Waals surface area contributed by atoms with Gasteiger partial charge in [0.15, 0.2) is 17.5 Å². The third-order valence-electron chi connectivity index (χ3n) is 3.44. The second kappa shape index (κ2) is 5.24. The minimum absolute atomic E-state index is 0.148. The predicted molar refractivity (Wildman–Crippen MR) is 72.4 cm³/mol. The van der Waals surface area contributed by atoms with Crippen molar-refractivity contribution in [3.63, 3.8) is 0 Å². The maximum atomic E-state index is 13.3. The predicted octanol–water partition coefficient (Wildman–Crippen LogP) is 4.13. The lowest BCUT2D eigenvalue weighted by Crippen LogP contribution is -2.28. The standard InChI is InChI=1S/C16H13F3O2/c1-16(2,15(20)21)11-5-3-4-9(6-11)10-7-12(17)14(19)13(18)8-10/h3-8H,1-2H3,(H,20,21). The summed E-state index contributed by atoms with van der Waals surface area (Å²) in [5.41, 5.74) is -0.0978. The fourth-order valence-corrected chi connectivity index (χ4v) is 1.93. The van der Waals surface area contributed by atoms with E-state index in [0.29, 0.717) is 11.1 Å². The van der Waals surface area contributed by atoms with Gasteiger partial charge in [0.25, 0.3) is 0 Å². The van der Waals surface area contributed by atoms with Crippen LogP contribution in [0.1, 0.15) is 19.4 Å². The van der Waals surface area contributed by atoms with Gasteiger partial charge in [0.05, 0.1) is 5.41 Å². The molecule has 0 radical (unpaired) electrons. The summed E-state index contributed by atoms with van der Waals surface area (Å²) in [5.74, 6) is -5.11. The highest BCUT2D eigenvalue weighted by atomic mass is 19.2. The number of carboxylic acids is 1. The summed E-state index contributed by atoms with van der Waals surface area (Å²) in [6, 6.07) is 8.08. The van der Waals surface area contributed by atoms with Crippen LogP contribution < -0.4 is 0 Å². The number of halogens is 3. The Morgan fingerprint density at radius 2 is 1.57 bits per heavy atom. The van der Waals surface area contributed by atoms with Crippen LogP contribution in [0.5, 0.6) is 0 Å². The van der Waals surface area contributed by atoms with Gasteiger partial charge in [0.2, 0.25) is 0 Å². The van der Waals surface area contributed by atoms with E-state index in [1.165, 1.54) is 19.9 Å². The van der Waals surface area contributed by atoms with Crippen molar-refractivity contribution >= 4 is 5.97 Å². The molecule has 110 valence electrons. The molecule has 5 heteroatoms. The maximum Gasteiger partial charge on any atom is 0.313 e. The summed E-state index contributed by atoms with van der Waals surface area (Å²) < 4.78 is 39.5. The largest absolute Gasteiger partial charge is 0.481 e. The Morgan fingerprint density at radius 3 is 2.10 bits per heavy atom. The molecule has 1 N–H and O–H groups in total. The van der Waals surface area contributed by atoms with Crippen molar-refractivity contribution < 1.29 is 23.1 Å². The SMILES string of the molecule is CC(C)(C(=O)O)c1cccc(-c2cc(F)c(F)c(F)c2)c1. The summed E-state index contributed by atoms with van der Waals surface area (Å²) in [6.07, 6.45) is 0. The molecule has 0 unspecified atom stereocenters. The van der Waals surface area contributed by atoms with E-state index in [-0.39, 0.29) is 5.56 Å². The van der Waals surface area contributed by atoms with Gasteiger partial charge in [-0.1, -0.05) is 24.3 Å². The lowest BCUT2D eigenvalue weighted by Gasteiger charge is -2.20. The molecule has 0 heterocycles. The first-order valence-corrected chi connectivity index (χ1v) is 6.22. The average molecular weight is 294 g/mol. The van der Waals surface area contributed by atoms with Gasteiger partial charge in [-0.15, -0.1) is 0 Å². The topological polar surface area (TPSA) is 37.3 Å². The summed E-state index contributed by atoms with van der Waals surface area (Å²) in [7, 11) is 0. The van der Waals surface area contributed by atoms with E-state index in [0.717, 1.165) is 12.1 Å². The second-order valence-corrected chi connectivity index (χ2v) is 5.26. The highest BCUT2D eigenvalue weighted by Gasteiger charge is 2.29. The van der Waals surface area contributed by atoms with E-state index in [4.69, 9.17) is 0 Å². The molecule has 0 spiro atoms. The van der Waals surface area contributed by atoms with E-state index in [9.17, 15) is 23.1 Å². The highest BCUT2D eigenvalue weighted by Crippen LogP contribution is 2.29. The molecule has 0 amide bonds. The molecule has 0 aromatic heterocycles. The zero-order valence-electron chi connectivity index (χ0n) is 11.5. The maximum absolute atomic E-state index is 13.3. The van der Waals surface area contributed by atoms with Crippen LogP contribution in [-0.2, 0) is 10.2 Å². The molecular weight excluding hydrogens is 281 g/mol. The minimum atomic E-state index is -1.53. The van der Waals surface area contributed by atoms with E-state index in [1.807, 2.05) is 0 Å². The fourth-order valence-electron chi connectivity index (χ4n) is 1.93. The molecule has 0 saturated heterocycles. The van der Waals surface area contributed by atoms with E-state index < -0.39 is 28.8 Å². The first-order valence-electron chi connectivity index (χ1n) is 6.22. The smallest absolute Gasteiger partial charge is 0.313 e. The lowest BCUT2D eigenvalue weighted by atomic mass is 9.83. The zero-order valence-corrected chi connectivity index (χ0v) is 11.5. The Bertz CT molecular complexity index is 685. The zero-order chi connectivity index (χ0) is 15.8. The van der Waals surface area contributed by atoms with Crippen LogP contribution in [0.15, 0.2) is 36.4 Å². The van der Waals surface area contributed by atoms with E-state index in [2.05, 4.69) is 0 Å². The third kappa shape index (κ3) is 2.77. The number of aliphatic carboxylic acids is 1. The summed E-state index contributed by atoms with van der Waals surface area (Å²) in [6.45, 7) is 3.06. The van der Waals surface area contributed by atoms with Crippen molar-refractivity contribution in [1.29, 1.82) is 0 Å². The summed E-state index contributed by atoms with van der Waals surface area (Å²) >= 11 is 0. The molecule has 0 atom stereocenters. The first-order chi connectivity index (χ1) is 9.73. The summed E-state index contributed by atoms with van der Waals surface area (Å²) in [5, 5.41) is 9.21. The molecule has 21 heavy (non-hydrogen) atoms. The molecule has 0 fully saturated rings. The quantitative estimate of drug-likeness (QED) is 0.864. The molecule has 0 aliphatic rings. The van der Waals surface area contributed by atoms with Crippen LogP contribution in [0.25, 0.3) is 11.1 Å². The fraction of sp³-hybridized carbons (Fsp3) is 0.188. The average Bonchev–Trinajstić information content (AvgIpc) is 2.44. The van der Waals surface area contributed by atoms with Crippen molar-refractivity contribution in [2.45, 2.75) is 19.3 Å². The Hall–Kier alpha value is -2.30. The summed E-state index contributed by atoms with van der Waals surface area (Å²) in [4.78, 5) is 11.3. The Labute approximate surface area is 119 Å². The van der Waals surface area contributed by atoms with Gasteiger partial charge in [-0.3, -0.25) is 4.79 Å². The van der Waals surface area contributed by atoms with Crippen molar-refractivity contribution in [3.8, 4) is 11.1 Å². The van der Waals surface area contributed by atoms with Crippen molar-refractivity contribution in [1.82, 2.24) is 0 Å². The Balaban J connectivity index is 2.55. The number of carboxylic acid groups (broad SMARTS) is 1. The molecule has 2 nitrogen and oxygen atoms in total. The van der Waals surface area contributed by atoms with Crippen LogP contribution in [0.4, 0.5) is 13.2 Å². The molecule has 0 saturated carbocycles. The van der Waals surface area contributed by atoms with Crippen LogP contribution in [-0.4, -0.2) is 11.1 Å². The van der Waals surface area contributed by atoms with Crippen LogP contribution in [0.2, 0.25) is 0 Å². The van der Waals surface area contributed by atoms with Gasteiger partial charge in [0, 0.05) is 0 Å². The van der Waals surface area contributed by atoms with Gasteiger partial charge in [0.1, 0.15) is 0 Å². The minimum Gasteiger partial charge on any atom is -0.481 e. The number of hydrogen-bond donors (Lipinski definition) is 1. The highest BCUT2D eigenvalue weighted by molar-refractivity contribution is 5.81. The Morgan fingerprint density at radius 1 is 1.00 bits per heavy atom. The molecule has 0 aliphatic heterocycles. The lowest BCUT2D eigenvalue weighted by molar-refractivity contribution is -0.142. The van der Waals surface area contributed by atoms with Gasteiger partial charge in [-0.25, -0.2) is 13.2 Å². The monoisotopic (exact) mass is 294 g/mol. The number of carbonyl (C=O) groups is 1. The Kier molecular flexibility index (Phi) is 3.77.